The summed E-state index contributed by atoms with van der Waals surface area (Å²) in [5.74, 6) is 0.979. The van der Waals surface area contributed by atoms with Crippen LogP contribution in [0, 0.1) is 0 Å². The quantitative estimate of drug-likeness (QED) is 0.581. The van der Waals surface area contributed by atoms with Crippen LogP contribution in [-0.4, -0.2) is 40.1 Å². The van der Waals surface area contributed by atoms with Crippen molar-refractivity contribution >= 4 is 11.8 Å². The van der Waals surface area contributed by atoms with E-state index in [0.717, 1.165) is 12.2 Å². The molecule has 0 bridgehead atoms. The molecule has 2 heterocycles. The van der Waals surface area contributed by atoms with E-state index in [0.29, 0.717) is 0 Å². The van der Waals surface area contributed by atoms with Crippen LogP contribution >= 0.6 is 11.8 Å². The van der Waals surface area contributed by atoms with Gasteiger partial charge in [0.15, 0.2) is 5.66 Å². The summed E-state index contributed by atoms with van der Waals surface area (Å²) in [6.45, 7) is 2.03. The molecule has 1 aliphatic carbocycles. The molecule has 4 atom stereocenters. The number of aliphatic hydroxyl groups excluding tert-OH is 1. The monoisotopic (exact) mass is 226 g/mol. The Morgan fingerprint density at radius 2 is 2.27 bits per heavy atom. The summed E-state index contributed by atoms with van der Waals surface area (Å²) < 4.78 is 5.29. The standard InChI is InChI=1S/C10H14N2O2S/c1-10(11-12-10)4-5-15-7-3-2-6-9(14-6)8(7)13/h2-3,6-9,13H,4-5H2,1H3/t6-,7+,8-,9-/m1/s1. The fraction of sp³-hybridized carbons (Fsp3) is 0.800. The van der Waals surface area contributed by atoms with E-state index in [1.54, 1.807) is 11.8 Å². The van der Waals surface area contributed by atoms with Gasteiger partial charge in [-0.25, -0.2) is 0 Å². The van der Waals surface area contributed by atoms with Gasteiger partial charge in [-0.1, -0.05) is 12.2 Å². The third kappa shape index (κ3) is 1.96. The van der Waals surface area contributed by atoms with E-state index in [4.69, 9.17) is 4.74 Å². The first kappa shape index (κ1) is 9.81. The first-order valence-electron chi connectivity index (χ1n) is 5.25. The van der Waals surface area contributed by atoms with Gasteiger partial charge in [0.05, 0.1) is 11.4 Å². The van der Waals surface area contributed by atoms with Crippen molar-refractivity contribution in [3.05, 3.63) is 12.2 Å². The largest absolute Gasteiger partial charge is 0.389 e. The molecule has 0 amide bonds. The second-order valence-electron chi connectivity index (χ2n) is 4.44. The van der Waals surface area contributed by atoms with Gasteiger partial charge in [-0.2, -0.15) is 22.0 Å². The minimum absolute atomic E-state index is 0.0541. The highest BCUT2D eigenvalue weighted by atomic mass is 32.2. The van der Waals surface area contributed by atoms with Crippen molar-refractivity contribution in [3.8, 4) is 0 Å². The van der Waals surface area contributed by atoms with Gasteiger partial charge in [-0.15, -0.1) is 0 Å². The molecule has 3 rings (SSSR count). The minimum Gasteiger partial charge on any atom is -0.389 e. The lowest BCUT2D eigenvalue weighted by Gasteiger charge is -2.20. The molecule has 0 aromatic heterocycles. The van der Waals surface area contributed by atoms with E-state index in [9.17, 15) is 5.11 Å². The molecule has 1 N–H and O–H groups in total. The predicted octanol–water partition coefficient (Wildman–Crippen LogP) is 1.36. The lowest BCUT2D eigenvalue weighted by Crippen LogP contribution is -2.31. The number of aliphatic hydroxyl groups is 1. The lowest BCUT2D eigenvalue weighted by atomic mass is 10.0. The van der Waals surface area contributed by atoms with E-state index in [-0.39, 0.29) is 29.2 Å². The Bertz CT molecular complexity index is 325. The fourth-order valence-electron chi connectivity index (χ4n) is 1.81. The van der Waals surface area contributed by atoms with Crippen LogP contribution in [0.5, 0.6) is 0 Å². The van der Waals surface area contributed by atoms with Gasteiger partial charge in [-0.3, -0.25) is 0 Å². The van der Waals surface area contributed by atoms with Gasteiger partial charge in [0.2, 0.25) is 0 Å². The number of thioether (sulfide) groups is 1. The van der Waals surface area contributed by atoms with E-state index >= 15 is 0 Å². The third-order valence-corrected chi connectivity index (χ3v) is 4.31. The second kappa shape index (κ2) is 3.30. The SMILES string of the molecule is CC1(CCS[C@H]2C=C[C@H]3O[C@H]3[C@@H]2O)N=N1. The van der Waals surface area contributed by atoms with E-state index < -0.39 is 0 Å². The summed E-state index contributed by atoms with van der Waals surface area (Å²) in [5, 5.41) is 18.0. The Balaban J connectivity index is 1.46. The molecule has 1 saturated heterocycles. The molecule has 0 aromatic rings. The van der Waals surface area contributed by atoms with Crippen molar-refractivity contribution in [2.75, 3.05) is 5.75 Å². The number of hydrogen-bond donors (Lipinski definition) is 1. The molecule has 0 aromatic carbocycles. The minimum atomic E-state index is -0.342. The third-order valence-electron chi connectivity index (χ3n) is 3.05. The summed E-state index contributed by atoms with van der Waals surface area (Å²) in [5.41, 5.74) is -0.116. The van der Waals surface area contributed by atoms with Gasteiger partial charge >= 0.3 is 0 Å². The maximum absolute atomic E-state index is 9.88. The van der Waals surface area contributed by atoms with Gasteiger partial charge in [0.25, 0.3) is 0 Å². The summed E-state index contributed by atoms with van der Waals surface area (Å²) in [6, 6.07) is 0. The normalized spacial score (nSPS) is 43.9. The summed E-state index contributed by atoms with van der Waals surface area (Å²) >= 11 is 1.77. The smallest absolute Gasteiger partial charge is 0.189 e. The lowest BCUT2D eigenvalue weighted by molar-refractivity contribution is 0.142. The average Bonchev–Trinajstić information content (AvgIpc) is 3.07. The van der Waals surface area contributed by atoms with Crippen molar-refractivity contribution < 1.29 is 9.84 Å². The van der Waals surface area contributed by atoms with Crippen molar-refractivity contribution in [3.63, 3.8) is 0 Å². The predicted molar refractivity (Wildman–Crippen MR) is 57.9 cm³/mol. The Labute approximate surface area is 92.8 Å². The van der Waals surface area contributed by atoms with Crippen LogP contribution in [0.4, 0.5) is 0 Å². The van der Waals surface area contributed by atoms with Crippen molar-refractivity contribution in [1.82, 2.24) is 0 Å². The van der Waals surface area contributed by atoms with Gasteiger partial charge in [-0.05, 0) is 12.7 Å². The molecule has 15 heavy (non-hydrogen) atoms. The van der Waals surface area contributed by atoms with Gasteiger partial charge < -0.3 is 9.84 Å². The highest BCUT2D eigenvalue weighted by molar-refractivity contribution is 8.00. The Hall–Kier alpha value is -0.390. The number of hydrogen-bond acceptors (Lipinski definition) is 5. The molecule has 3 aliphatic rings. The number of nitrogens with zero attached hydrogens (tertiary/aromatic N) is 2. The van der Waals surface area contributed by atoms with Gasteiger partial charge in [0.1, 0.15) is 12.2 Å². The van der Waals surface area contributed by atoms with Crippen molar-refractivity contribution in [2.24, 2.45) is 10.2 Å². The molecule has 0 spiro atoms. The average molecular weight is 226 g/mol. The Morgan fingerprint density at radius 3 is 3.00 bits per heavy atom. The Morgan fingerprint density at radius 1 is 1.47 bits per heavy atom. The van der Waals surface area contributed by atoms with Crippen LogP contribution in [0.2, 0.25) is 0 Å². The zero-order valence-corrected chi connectivity index (χ0v) is 9.35. The highest BCUT2D eigenvalue weighted by Crippen LogP contribution is 2.38. The van der Waals surface area contributed by atoms with Crippen LogP contribution in [0.3, 0.4) is 0 Å². The summed E-state index contributed by atoms with van der Waals surface area (Å²) in [7, 11) is 0. The van der Waals surface area contributed by atoms with E-state index in [1.807, 2.05) is 6.92 Å². The summed E-state index contributed by atoms with van der Waals surface area (Å²) in [4.78, 5) is 0. The molecular formula is C10H14N2O2S. The number of ether oxygens (including phenoxy) is 1. The number of rotatable bonds is 4. The number of epoxide rings is 1. The summed E-state index contributed by atoms with van der Waals surface area (Å²) in [6.07, 6.45) is 4.98. The van der Waals surface area contributed by atoms with Crippen LogP contribution in [0.1, 0.15) is 13.3 Å². The van der Waals surface area contributed by atoms with Crippen LogP contribution in [-0.2, 0) is 4.74 Å². The molecule has 5 heteroatoms. The zero-order valence-electron chi connectivity index (χ0n) is 8.54. The molecule has 82 valence electrons. The van der Waals surface area contributed by atoms with E-state index in [2.05, 4.69) is 22.4 Å². The van der Waals surface area contributed by atoms with Crippen LogP contribution < -0.4 is 0 Å². The first-order valence-corrected chi connectivity index (χ1v) is 6.30. The highest BCUT2D eigenvalue weighted by Gasteiger charge is 2.48. The van der Waals surface area contributed by atoms with E-state index in [1.165, 1.54) is 0 Å². The Kier molecular flexibility index (Phi) is 2.16. The number of fused-ring (bicyclic) bond motifs is 1. The molecular weight excluding hydrogens is 212 g/mol. The van der Waals surface area contributed by atoms with Gasteiger partial charge in [0, 0.05) is 6.42 Å². The topological polar surface area (TPSA) is 57.5 Å². The van der Waals surface area contributed by atoms with Crippen LogP contribution in [0.15, 0.2) is 22.4 Å². The molecule has 4 nitrogen and oxygen atoms in total. The molecule has 0 saturated carbocycles. The molecule has 2 aliphatic heterocycles. The fourth-order valence-corrected chi connectivity index (χ4v) is 3.14. The first-order chi connectivity index (χ1) is 7.18. The van der Waals surface area contributed by atoms with Crippen molar-refractivity contribution in [2.45, 2.75) is 42.6 Å². The second-order valence-corrected chi connectivity index (χ2v) is 5.73. The maximum atomic E-state index is 9.88. The molecule has 1 fully saturated rings. The van der Waals surface area contributed by atoms with Crippen LogP contribution in [0.25, 0.3) is 0 Å². The van der Waals surface area contributed by atoms with Crippen molar-refractivity contribution in [1.29, 1.82) is 0 Å². The maximum Gasteiger partial charge on any atom is 0.189 e. The molecule has 0 unspecified atom stereocenters. The molecule has 0 radical (unpaired) electrons. The zero-order chi connectivity index (χ0) is 10.5.